The van der Waals surface area contributed by atoms with Crippen LogP contribution in [0.1, 0.15) is 73.1 Å². The Balaban J connectivity index is 0.000000412. The lowest BCUT2D eigenvalue weighted by Crippen LogP contribution is -2.27. The number of esters is 1. The second kappa shape index (κ2) is 9.19. The lowest BCUT2D eigenvalue weighted by Gasteiger charge is -2.34. The highest BCUT2D eigenvalue weighted by Gasteiger charge is 2.37. The Morgan fingerprint density at radius 3 is 2.23 bits per heavy atom. The summed E-state index contributed by atoms with van der Waals surface area (Å²) in [6, 6.07) is -0.562. The molecule has 6 nitrogen and oxygen atoms in total. The minimum absolute atomic E-state index is 0.0870. The van der Waals surface area contributed by atoms with Gasteiger partial charge in [-0.05, 0) is 55.3 Å². The second-order valence-electron chi connectivity index (χ2n) is 8.39. The van der Waals surface area contributed by atoms with E-state index >= 15 is 0 Å². The van der Waals surface area contributed by atoms with Crippen LogP contribution < -0.4 is 5.73 Å². The third kappa shape index (κ3) is 6.46. The van der Waals surface area contributed by atoms with Crippen molar-refractivity contribution in [1.29, 1.82) is 5.41 Å². The predicted molar refractivity (Wildman–Crippen MR) is 102 cm³/mol. The SMILES string of the molecule is CC(=O)OC(=N)N.CC1CCC(C(C)(C)CC(=O)O)CC2=C1CCC2C. The van der Waals surface area contributed by atoms with Gasteiger partial charge in [-0.1, -0.05) is 38.8 Å². The molecule has 0 saturated heterocycles. The van der Waals surface area contributed by atoms with E-state index in [0.717, 1.165) is 12.3 Å². The van der Waals surface area contributed by atoms with E-state index in [9.17, 15) is 9.59 Å². The maximum atomic E-state index is 11.1. The molecule has 0 aromatic rings. The third-order valence-corrected chi connectivity index (χ3v) is 5.83. The number of amidine groups is 1. The second-order valence-corrected chi connectivity index (χ2v) is 8.39. The van der Waals surface area contributed by atoms with Gasteiger partial charge in [0.25, 0.3) is 6.02 Å². The van der Waals surface area contributed by atoms with Crippen molar-refractivity contribution in [1.82, 2.24) is 0 Å². The average molecular weight is 367 g/mol. The molecule has 148 valence electrons. The van der Waals surface area contributed by atoms with Crippen LogP contribution in [-0.2, 0) is 14.3 Å². The maximum Gasteiger partial charge on any atom is 0.310 e. The summed E-state index contributed by atoms with van der Waals surface area (Å²) in [5, 5.41) is 15.5. The number of hydrogen-bond donors (Lipinski definition) is 3. The van der Waals surface area contributed by atoms with Crippen LogP contribution in [0.5, 0.6) is 0 Å². The highest BCUT2D eigenvalue weighted by molar-refractivity contribution is 5.83. The van der Waals surface area contributed by atoms with Gasteiger partial charge in [-0.2, -0.15) is 0 Å². The molecule has 0 heterocycles. The smallest absolute Gasteiger partial charge is 0.310 e. The van der Waals surface area contributed by atoms with Gasteiger partial charge in [0.05, 0.1) is 6.42 Å². The minimum atomic E-state index is -0.657. The Kier molecular flexibility index (Phi) is 7.85. The Labute approximate surface area is 156 Å². The molecule has 0 radical (unpaired) electrons. The van der Waals surface area contributed by atoms with Gasteiger partial charge >= 0.3 is 11.9 Å². The van der Waals surface area contributed by atoms with Crippen molar-refractivity contribution in [2.24, 2.45) is 28.9 Å². The van der Waals surface area contributed by atoms with Crippen LogP contribution in [0.25, 0.3) is 0 Å². The van der Waals surface area contributed by atoms with Crippen LogP contribution in [0.15, 0.2) is 11.1 Å². The summed E-state index contributed by atoms with van der Waals surface area (Å²) in [4.78, 5) is 20.9. The Hall–Kier alpha value is -1.85. The lowest BCUT2D eigenvalue weighted by molar-refractivity contribution is -0.140. The first-order chi connectivity index (χ1) is 11.9. The van der Waals surface area contributed by atoms with Gasteiger partial charge in [-0.25, -0.2) is 0 Å². The number of ether oxygens (including phenoxy) is 1. The minimum Gasteiger partial charge on any atom is -0.481 e. The highest BCUT2D eigenvalue weighted by Crippen LogP contribution is 2.48. The van der Waals surface area contributed by atoms with Gasteiger partial charge in [0.2, 0.25) is 0 Å². The van der Waals surface area contributed by atoms with Gasteiger partial charge in [0.1, 0.15) is 0 Å². The van der Waals surface area contributed by atoms with Gasteiger partial charge in [-0.15, -0.1) is 0 Å². The number of carboxylic acid groups (broad SMARTS) is 1. The number of carboxylic acids is 1. The topological polar surface area (TPSA) is 113 Å². The number of carbonyl (C=O) groups excluding carboxylic acids is 1. The van der Waals surface area contributed by atoms with Crippen LogP contribution in [0.2, 0.25) is 0 Å². The summed E-state index contributed by atoms with van der Waals surface area (Å²) in [7, 11) is 0. The maximum absolute atomic E-state index is 11.1. The summed E-state index contributed by atoms with van der Waals surface area (Å²) in [5.74, 6) is 0.742. The Morgan fingerprint density at radius 1 is 1.19 bits per heavy atom. The first-order valence-corrected chi connectivity index (χ1v) is 9.40. The summed E-state index contributed by atoms with van der Waals surface area (Å²) < 4.78 is 3.97. The molecule has 4 N–H and O–H groups in total. The van der Waals surface area contributed by atoms with Crippen molar-refractivity contribution in [3.8, 4) is 0 Å². The monoisotopic (exact) mass is 366 g/mol. The molecule has 0 fully saturated rings. The number of nitrogens with two attached hydrogens (primary N) is 1. The van der Waals surface area contributed by atoms with Crippen LogP contribution in [0.3, 0.4) is 0 Å². The van der Waals surface area contributed by atoms with Crippen LogP contribution in [-0.4, -0.2) is 23.1 Å². The fourth-order valence-electron chi connectivity index (χ4n) is 4.27. The zero-order valence-electron chi connectivity index (χ0n) is 16.7. The zero-order valence-corrected chi connectivity index (χ0v) is 16.7. The van der Waals surface area contributed by atoms with Gasteiger partial charge in [0, 0.05) is 6.92 Å². The number of hydrogen-bond acceptors (Lipinski definition) is 4. The van der Waals surface area contributed by atoms with E-state index in [-0.39, 0.29) is 5.41 Å². The van der Waals surface area contributed by atoms with Gasteiger partial charge in [-0.3, -0.25) is 15.0 Å². The fraction of sp³-hybridized carbons (Fsp3) is 0.750. The molecular weight excluding hydrogens is 332 g/mol. The molecule has 0 spiro atoms. The normalized spacial score (nSPS) is 25.5. The van der Waals surface area contributed by atoms with E-state index in [1.807, 2.05) is 0 Å². The molecule has 0 saturated carbocycles. The van der Waals surface area contributed by atoms with E-state index in [1.165, 1.54) is 32.6 Å². The quantitative estimate of drug-likeness (QED) is 0.301. The van der Waals surface area contributed by atoms with Crippen molar-refractivity contribution >= 4 is 18.0 Å². The molecule has 0 bridgehead atoms. The molecule has 3 unspecified atom stereocenters. The fourth-order valence-corrected chi connectivity index (χ4v) is 4.27. The first kappa shape index (κ1) is 22.2. The van der Waals surface area contributed by atoms with Crippen LogP contribution in [0.4, 0.5) is 0 Å². The zero-order chi connectivity index (χ0) is 20.1. The van der Waals surface area contributed by atoms with Crippen molar-refractivity contribution in [2.45, 2.75) is 73.1 Å². The van der Waals surface area contributed by atoms with Crippen LogP contribution >= 0.6 is 0 Å². The molecule has 2 rings (SSSR count). The number of aliphatic carboxylic acids is 1. The Morgan fingerprint density at radius 2 is 1.77 bits per heavy atom. The standard InChI is InChI=1S/C17H28O2.C3H6N2O2/c1-11-5-7-13(17(3,4)10-16(18)19)9-15-12(2)6-8-14(11)15;1-2(6)7-3(4)5/h11-13H,5-10H2,1-4H3,(H,18,19);1H3,(H3,4,5). The van der Waals surface area contributed by atoms with Gasteiger partial charge < -0.3 is 15.6 Å². The van der Waals surface area contributed by atoms with Crippen molar-refractivity contribution in [3.05, 3.63) is 11.1 Å². The molecule has 0 aromatic carbocycles. The highest BCUT2D eigenvalue weighted by atomic mass is 16.5. The summed E-state index contributed by atoms with van der Waals surface area (Å²) in [5.41, 5.74) is 7.93. The van der Waals surface area contributed by atoms with Crippen molar-refractivity contribution < 1.29 is 19.4 Å². The molecule has 26 heavy (non-hydrogen) atoms. The molecule has 2 aliphatic carbocycles. The molecule has 0 aliphatic heterocycles. The van der Waals surface area contributed by atoms with E-state index in [0.29, 0.717) is 18.3 Å². The molecule has 0 aromatic heterocycles. The third-order valence-electron chi connectivity index (χ3n) is 5.83. The molecule has 2 aliphatic rings. The molecular formula is C20H34N2O4. The predicted octanol–water partition coefficient (Wildman–Crippen LogP) is 4.09. The number of carbonyl (C=O) groups is 2. The first-order valence-electron chi connectivity index (χ1n) is 9.40. The molecule has 3 atom stereocenters. The van der Waals surface area contributed by atoms with Gasteiger partial charge in [0.15, 0.2) is 0 Å². The number of rotatable bonds is 3. The largest absolute Gasteiger partial charge is 0.481 e. The average Bonchev–Trinajstić information content (AvgIpc) is 2.71. The van der Waals surface area contributed by atoms with Crippen molar-refractivity contribution in [2.75, 3.05) is 0 Å². The number of allylic oxidation sites excluding steroid dienone is 2. The van der Waals surface area contributed by atoms with Crippen LogP contribution in [0, 0.1) is 28.6 Å². The van der Waals surface area contributed by atoms with E-state index in [1.54, 1.807) is 11.1 Å². The molecule has 0 amide bonds. The summed E-state index contributed by atoms with van der Waals surface area (Å²) in [6.07, 6.45) is 6.44. The Bertz CT molecular complexity index is 568. The lowest BCUT2D eigenvalue weighted by atomic mass is 9.71. The number of nitrogens with one attached hydrogen (secondary N) is 1. The van der Waals surface area contributed by atoms with E-state index < -0.39 is 18.0 Å². The van der Waals surface area contributed by atoms with E-state index in [4.69, 9.17) is 10.5 Å². The van der Waals surface area contributed by atoms with E-state index in [2.05, 4.69) is 38.2 Å². The van der Waals surface area contributed by atoms with Crippen molar-refractivity contribution in [3.63, 3.8) is 0 Å². The summed E-state index contributed by atoms with van der Waals surface area (Å²) >= 11 is 0. The molecule has 6 heteroatoms. The summed E-state index contributed by atoms with van der Waals surface area (Å²) in [6.45, 7) is 10.2.